The lowest BCUT2D eigenvalue weighted by Crippen LogP contribution is -2.51. The molecule has 170 valence electrons. The molecule has 2 heterocycles. The Morgan fingerprint density at radius 1 is 1.03 bits per heavy atom. The number of hydrogen-bond donors (Lipinski definition) is 1. The van der Waals surface area contributed by atoms with Crippen LogP contribution in [0.3, 0.4) is 0 Å². The number of piperazine rings is 1. The van der Waals surface area contributed by atoms with Gasteiger partial charge < -0.3 is 19.5 Å². The van der Waals surface area contributed by atoms with Crippen LogP contribution in [0.1, 0.15) is 13.8 Å². The van der Waals surface area contributed by atoms with Gasteiger partial charge in [-0.05, 0) is 50.2 Å². The zero-order valence-corrected chi connectivity index (χ0v) is 19.1. The number of urea groups is 1. The summed E-state index contributed by atoms with van der Waals surface area (Å²) in [6, 6.07) is 14.2. The van der Waals surface area contributed by atoms with Gasteiger partial charge in [0.05, 0.1) is 17.2 Å². The summed E-state index contributed by atoms with van der Waals surface area (Å²) in [5.41, 5.74) is 1.61. The van der Waals surface area contributed by atoms with Crippen LogP contribution in [0.15, 0.2) is 59.6 Å². The molecule has 3 aromatic rings. The van der Waals surface area contributed by atoms with Crippen LogP contribution >= 0.6 is 0 Å². The summed E-state index contributed by atoms with van der Waals surface area (Å²) in [5.74, 6) is 0.608. The van der Waals surface area contributed by atoms with E-state index in [2.05, 4.69) is 16.8 Å². The van der Waals surface area contributed by atoms with E-state index in [1.165, 1.54) is 4.31 Å². The predicted molar refractivity (Wildman–Crippen MR) is 125 cm³/mol. The first-order valence-electron chi connectivity index (χ1n) is 10.8. The second kappa shape index (κ2) is 9.22. The van der Waals surface area contributed by atoms with Gasteiger partial charge in [0.25, 0.3) is 0 Å². The minimum atomic E-state index is -3.63. The molecule has 1 saturated heterocycles. The molecule has 1 fully saturated rings. The zero-order valence-electron chi connectivity index (χ0n) is 18.3. The number of sulfonamides is 1. The molecular formula is C23H28N4O4S. The smallest absolute Gasteiger partial charge is 0.322 e. The lowest BCUT2D eigenvalue weighted by Gasteiger charge is -2.34. The van der Waals surface area contributed by atoms with E-state index < -0.39 is 10.0 Å². The van der Waals surface area contributed by atoms with Crippen molar-refractivity contribution in [2.45, 2.75) is 25.3 Å². The summed E-state index contributed by atoms with van der Waals surface area (Å²) in [6.07, 6.45) is 1.96. The Morgan fingerprint density at radius 2 is 1.78 bits per heavy atom. The van der Waals surface area contributed by atoms with Crippen molar-refractivity contribution in [3.8, 4) is 5.75 Å². The predicted octanol–water partition coefficient (Wildman–Crippen LogP) is 3.60. The van der Waals surface area contributed by atoms with Gasteiger partial charge in [-0.25, -0.2) is 13.2 Å². The van der Waals surface area contributed by atoms with Crippen molar-refractivity contribution in [2.75, 3.05) is 38.1 Å². The maximum atomic E-state index is 13.2. The summed E-state index contributed by atoms with van der Waals surface area (Å²) in [4.78, 5) is 14.6. The fraction of sp³-hybridized carbons (Fsp3) is 0.348. The van der Waals surface area contributed by atoms with Crippen LogP contribution in [0, 0.1) is 0 Å². The Hall–Kier alpha value is -3.04. The monoisotopic (exact) mass is 456 g/mol. The highest BCUT2D eigenvalue weighted by Crippen LogP contribution is 2.26. The summed E-state index contributed by atoms with van der Waals surface area (Å²) >= 11 is 0. The van der Waals surface area contributed by atoms with Gasteiger partial charge in [0.2, 0.25) is 10.0 Å². The molecule has 1 N–H and O–H groups in total. The molecule has 0 bridgehead atoms. The van der Waals surface area contributed by atoms with E-state index in [0.29, 0.717) is 31.1 Å². The van der Waals surface area contributed by atoms with E-state index in [4.69, 9.17) is 4.74 Å². The summed E-state index contributed by atoms with van der Waals surface area (Å²) in [7, 11) is -3.63. The number of ether oxygens (including phenoxy) is 1. The van der Waals surface area contributed by atoms with E-state index in [1.807, 2.05) is 37.4 Å². The third kappa shape index (κ3) is 4.31. The SMILES string of the molecule is CCOc1ccccc1NC(=O)N1CCN(S(=O)(=O)c2ccc3c(ccn3CC)c2)CC1. The number of aromatic nitrogens is 1. The van der Waals surface area contributed by atoms with Gasteiger partial charge in [-0.2, -0.15) is 4.31 Å². The Morgan fingerprint density at radius 3 is 2.50 bits per heavy atom. The number of carbonyl (C=O) groups is 1. The molecule has 4 rings (SSSR count). The van der Waals surface area contributed by atoms with E-state index in [-0.39, 0.29) is 24.0 Å². The van der Waals surface area contributed by atoms with Gasteiger partial charge in [-0.3, -0.25) is 0 Å². The second-order valence-electron chi connectivity index (χ2n) is 7.57. The highest BCUT2D eigenvalue weighted by Gasteiger charge is 2.30. The molecule has 0 radical (unpaired) electrons. The van der Waals surface area contributed by atoms with Crippen LogP contribution in [0.25, 0.3) is 10.9 Å². The van der Waals surface area contributed by atoms with Gasteiger partial charge in [0.15, 0.2) is 0 Å². The molecule has 1 aromatic heterocycles. The van der Waals surface area contributed by atoms with Gasteiger partial charge in [-0.1, -0.05) is 12.1 Å². The number of carbonyl (C=O) groups excluding carboxylic acids is 1. The third-order valence-electron chi connectivity index (χ3n) is 5.68. The third-order valence-corrected chi connectivity index (χ3v) is 7.57. The highest BCUT2D eigenvalue weighted by molar-refractivity contribution is 7.89. The minimum absolute atomic E-state index is 0.247. The molecule has 1 aliphatic heterocycles. The van der Waals surface area contributed by atoms with Crippen LogP contribution in [0.4, 0.5) is 10.5 Å². The Kier molecular flexibility index (Phi) is 6.38. The van der Waals surface area contributed by atoms with Gasteiger partial charge in [0.1, 0.15) is 5.75 Å². The number of para-hydroxylation sites is 2. The van der Waals surface area contributed by atoms with Crippen LogP contribution in [0.2, 0.25) is 0 Å². The van der Waals surface area contributed by atoms with Crippen molar-refractivity contribution in [3.05, 3.63) is 54.7 Å². The molecule has 0 aliphatic carbocycles. The molecule has 9 heteroatoms. The van der Waals surface area contributed by atoms with Crippen LogP contribution in [-0.4, -0.2) is 61.0 Å². The first kappa shape index (κ1) is 22.2. The molecule has 0 saturated carbocycles. The summed E-state index contributed by atoms with van der Waals surface area (Å²) in [5, 5.41) is 3.77. The van der Waals surface area contributed by atoms with Crippen molar-refractivity contribution in [3.63, 3.8) is 0 Å². The van der Waals surface area contributed by atoms with E-state index in [9.17, 15) is 13.2 Å². The summed E-state index contributed by atoms with van der Waals surface area (Å²) < 4.78 is 35.4. The number of nitrogens with one attached hydrogen (secondary N) is 1. The van der Waals surface area contributed by atoms with Crippen molar-refractivity contribution < 1.29 is 17.9 Å². The lowest BCUT2D eigenvalue weighted by atomic mass is 10.2. The number of aryl methyl sites for hydroxylation is 1. The Bertz CT molecular complexity index is 1210. The second-order valence-corrected chi connectivity index (χ2v) is 9.51. The van der Waals surface area contributed by atoms with Crippen molar-refractivity contribution >= 4 is 32.6 Å². The molecular weight excluding hydrogens is 428 g/mol. The summed E-state index contributed by atoms with van der Waals surface area (Å²) in [6.45, 7) is 6.39. The molecule has 0 unspecified atom stereocenters. The number of benzene rings is 2. The number of amides is 2. The maximum absolute atomic E-state index is 13.2. The van der Waals surface area contributed by atoms with Gasteiger partial charge in [-0.15, -0.1) is 0 Å². The normalized spacial score (nSPS) is 15.1. The van der Waals surface area contributed by atoms with Crippen LogP contribution in [0.5, 0.6) is 5.75 Å². The van der Waals surface area contributed by atoms with Gasteiger partial charge in [0, 0.05) is 49.8 Å². The molecule has 1 aliphatic rings. The first-order valence-corrected chi connectivity index (χ1v) is 12.2. The fourth-order valence-electron chi connectivity index (χ4n) is 3.94. The minimum Gasteiger partial charge on any atom is -0.492 e. The van der Waals surface area contributed by atoms with Crippen LogP contribution in [-0.2, 0) is 16.6 Å². The first-order chi connectivity index (χ1) is 15.4. The molecule has 0 spiro atoms. The average Bonchev–Trinajstić information content (AvgIpc) is 3.23. The van der Waals surface area contributed by atoms with Crippen LogP contribution < -0.4 is 10.1 Å². The molecule has 2 aromatic carbocycles. The largest absolute Gasteiger partial charge is 0.492 e. The number of fused-ring (bicyclic) bond motifs is 1. The number of hydrogen-bond acceptors (Lipinski definition) is 4. The molecule has 2 amide bonds. The molecule has 32 heavy (non-hydrogen) atoms. The maximum Gasteiger partial charge on any atom is 0.322 e. The zero-order chi connectivity index (χ0) is 22.7. The van der Waals surface area contributed by atoms with E-state index in [0.717, 1.165) is 17.4 Å². The fourth-order valence-corrected chi connectivity index (χ4v) is 5.40. The number of anilines is 1. The lowest BCUT2D eigenvalue weighted by molar-refractivity contribution is 0.184. The quantitative estimate of drug-likeness (QED) is 0.614. The highest BCUT2D eigenvalue weighted by atomic mass is 32.2. The standard InChI is InChI=1S/C23H28N4O4S/c1-3-25-12-11-18-17-19(9-10-21(18)25)32(29,30)27-15-13-26(14-16-27)23(28)24-20-7-5-6-8-22(20)31-4-2/h5-12,17H,3-4,13-16H2,1-2H3,(H,24,28). The molecule has 0 atom stereocenters. The number of rotatable bonds is 6. The topological polar surface area (TPSA) is 83.9 Å². The van der Waals surface area contributed by atoms with E-state index >= 15 is 0 Å². The van der Waals surface area contributed by atoms with E-state index in [1.54, 1.807) is 29.2 Å². The molecule has 8 nitrogen and oxygen atoms in total. The Labute approximate surface area is 188 Å². The van der Waals surface area contributed by atoms with Crippen molar-refractivity contribution in [1.82, 2.24) is 13.8 Å². The number of nitrogens with zero attached hydrogens (tertiary/aromatic N) is 3. The average molecular weight is 457 g/mol. The van der Waals surface area contributed by atoms with Crippen molar-refractivity contribution in [2.24, 2.45) is 0 Å². The Balaban J connectivity index is 1.42. The van der Waals surface area contributed by atoms with Crippen molar-refractivity contribution in [1.29, 1.82) is 0 Å². The van der Waals surface area contributed by atoms with Gasteiger partial charge >= 0.3 is 6.03 Å².